The molecule has 94 valence electrons. The van der Waals surface area contributed by atoms with Crippen molar-refractivity contribution in [3.8, 4) is 0 Å². The number of hydrogen-bond donors (Lipinski definition) is 2. The first-order chi connectivity index (χ1) is 9.34. The molecule has 0 spiro atoms. The van der Waals surface area contributed by atoms with Crippen molar-refractivity contribution in [1.82, 2.24) is 0 Å². The van der Waals surface area contributed by atoms with E-state index < -0.39 is 0 Å². The highest BCUT2D eigenvalue weighted by Gasteiger charge is 2.32. The number of hydrogen-bond acceptors (Lipinski definition) is 4. The van der Waals surface area contributed by atoms with Crippen LogP contribution in [0.25, 0.3) is 11.0 Å². The first kappa shape index (κ1) is 10.5. The summed E-state index contributed by atoms with van der Waals surface area (Å²) >= 11 is 0. The highest BCUT2D eigenvalue weighted by Crippen LogP contribution is 2.45. The van der Waals surface area contributed by atoms with Crippen molar-refractivity contribution in [2.45, 2.75) is 6.29 Å². The number of rotatable bonds is 1. The average Bonchev–Trinajstić information content (AvgIpc) is 2.94. The van der Waals surface area contributed by atoms with Crippen molar-refractivity contribution in [3.63, 3.8) is 0 Å². The molecule has 0 saturated carbocycles. The summed E-state index contributed by atoms with van der Waals surface area (Å²) in [5.74, 6) is 0.734. The average molecular weight is 251 g/mol. The lowest BCUT2D eigenvalue weighted by molar-refractivity contribution is 0.625. The first-order valence-electron chi connectivity index (χ1n) is 6.22. The summed E-state index contributed by atoms with van der Waals surface area (Å²) in [6.07, 6.45) is -0.305. The van der Waals surface area contributed by atoms with Crippen LogP contribution in [0.5, 0.6) is 0 Å². The van der Waals surface area contributed by atoms with Gasteiger partial charge in [0.15, 0.2) is 6.29 Å². The van der Waals surface area contributed by atoms with Gasteiger partial charge >= 0.3 is 0 Å². The summed E-state index contributed by atoms with van der Waals surface area (Å²) in [5, 5.41) is 4.24. The summed E-state index contributed by atoms with van der Waals surface area (Å²) in [6.45, 7) is 0. The molecule has 1 aromatic heterocycles. The monoisotopic (exact) mass is 251 g/mol. The Morgan fingerprint density at radius 3 is 2.58 bits per heavy atom. The predicted octanol–water partition coefficient (Wildman–Crippen LogP) is 3.24. The van der Waals surface area contributed by atoms with Gasteiger partial charge in [-0.3, -0.25) is 5.73 Å². The maximum Gasteiger partial charge on any atom is 0.220 e. The molecule has 3 aromatic rings. The number of nitrogens with zero attached hydrogens (tertiary/aromatic N) is 1. The number of fused-ring (bicyclic) bond motifs is 3. The molecule has 0 saturated heterocycles. The van der Waals surface area contributed by atoms with E-state index in [4.69, 9.17) is 10.2 Å². The third kappa shape index (κ3) is 1.44. The Kier molecular flexibility index (Phi) is 2.07. The van der Waals surface area contributed by atoms with Crippen LogP contribution in [0.2, 0.25) is 0 Å². The van der Waals surface area contributed by atoms with Crippen LogP contribution in [-0.2, 0) is 0 Å². The zero-order chi connectivity index (χ0) is 12.8. The van der Waals surface area contributed by atoms with Crippen LogP contribution in [0.15, 0.2) is 59.0 Å². The van der Waals surface area contributed by atoms with Gasteiger partial charge in [0.2, 0.25) is 5.88 Å². The minimum absolute atomic E-state index is 0.305. The van der Waals surface area contributed by atoms with Crippen LogP contribution in [0.4, 0.5) is 17.3 Å². The van der Waals surface area contributed by atoms with Crippen molar-refractivity contribution in [1.29, 1.82) is 0 Å². The van der Waals surface area contributed by atoms with Gasteiger partial charge in [0.25, 0.3) is 0 Å². The fourth-order valence-electron chi connectivity index (χ4n) is 2.59. The molecule has 0 aliphatic carbocycles. The Bertz CT molecular complexity index is 735. The predicted molar refractivity (Wildman–Crippen MR) is 76.4 cm³/mol. The number of benzene rings is 2. The van der Waals surface area contributed by atoms with Crippen LogP contribution in [0, 0.1) is 0 Å². The van der Waals surface area contributed by atoms with E-state index in [0.717, 1.165) is 28.2 Å². The second-order valence-electron chi connectivity index (χ2n) is 4.57. The number of para-hydroxylation sites is 2. The summed E-state index contributed by atoms with van der Waals surface area (Å²) in [4.78, 5) is 2.06. The topological polar surface area (TPSA) is 54.4 Å². The van der Waals surface area contributed by atoms with Crippen molar-refractivity contribution in [2.24, 2.45) is 5.73 Å². The number of nitrogens with two attached hydrogens (primary N) is 1. The largest absolute Gasteiger partial charge is 0.438 e. The first-order valence-corrected chi connectivity index (χ1v) is 6.22. The Balaban J connectivity index is 1.96. The van der Waals surface area contributed by atoms with Gasteiger partial charge in [0.05, 0.1) is 0 Å². The Morgan fingerprint density at radius 1 is 1.00 bits per heavy atom. The highest BCUT2D eigenvalue weighted by atomic mass is 16.4. The SMILES string of the molecule is NC1Nc2oc3ccccc3c2N1c1ccccc1. The smallest absolute Gasteiger partial charge is 0.220 e. The van der Waals surface area contributed by atoms with E-state index in [9.17, 15) is 0 Å². The van der Waals surface area contributed by atoms with Gasteiger partial charge in [-0.15, -0.1) is 0 Å². The lowest BCUT2D eigenvalue weighted by Crippen LogP contribution is -2.40. The van der Waals surface area contributed by atoms with Gasteiger partial charge < -0.3 is 14.6 Å². The van der Waals surface area contributed by atoms with Crippen molar-refractivity contribution < 1.29 is 4.42 Å². The van der Waals surface area contributed by atoms with Crippen LogP contribution >= 0.6 is 0 Å². The zero-order valence-electron chi connectivity index (χ0n) is 10.2. The molecule has 0 fully saturated rings. The van der Waals surface area contributed by atoms with Crippen LogP contribution in [-0.4, -0.2) is 6.29 Å². The number of anilines is 3. The minimum Gasteiger partial charge on any atom is -0.438 e. The summed E-state index contributed by atoms with van der Waals surface area (Å²) in [7, 11) is 0. The molecule has 0 radical (unpaired) electrons. The van der Waals surface area contributed by atoms with E-state index in [1.165, 1.54) is 0 Å². The van der Waals surface area contributed by atoms with Crippen LogP contribution < -0.4 is 16.0 Å². The zero-order valence-corrected chi connectivity index (χ0v) is 10.2. The van der Waals surface area contributed by atoms with Crippen LogP contribution in [0.1, 0.15) is 0 Å². The van der Waals surface area contributed by atoms with Gasteiger partial charge in [0, 0.05) is 11.1 Å². The fourth-order valence-corrected chi connectivity index (χ4v) is 2.59. The van der Waals surface area contributed by atoms with E-state index in [0.29, 0.717) is 0 Å². The maximum atomic E-state index is 6.15. The van der Waals surface area contributed by atoms with Crippen molar-refractivity contribution in [3.05, 3.63) is 54.6 Å². The normalized spacial score (nSPS) is 17.5. The second kappa shape index (κ2) is 3.76. The molecule has 2 aromatic carbocycles. The molecule has 4 nitrogen and oxygen atoms in total. The Hall–Kier alpha value is -2.46. The van der Waals surface area contributed by atoms with Gasteiger partial charge in [-0.05, 0) is 24.3 Å². The molecule has 1 atom stereocenters. The Morgan fingerprint density at radius 2 is 1.74 bits per heavy atom. The van der Waals surface area contributed by atoms with Gasteiger partial charge in [-0.25, -0.2) is 0 Å². The molecule has 1 aliphatic heterocycles. The molecule has 3 N–H and O–H groups in total. The maximum absolute atomic E-state index is 6.15. The van der Waals surface area contributed by atoms with E-state index in [2.05, 4.69) is 10.2 Å². The molecule has 1 aliphatic rings. The molecule has 2 heterocycles. The quantitative estimate of drug-likeness (QED) is 0.697. The second-order valence-corrected chi connectivity index (χ2v) is 4.57. The molecular weight excluding hydrogens is 238 g/mol. The standard InChI is InChI=1S/C15H13N3O/c16-15-17-14-13(11-8-4-5-9-12(11)19-14)18(15)10-6-2-1-3-7-10/h1-9,15,17H,16H2. The molecule has 4 rings (SSSR count). The molecule has 1 unspecified atom stereocenters. The van der Waals surface area contributed by atoms with Gasteiger partial charge in [-0.2, -0.15) is 0 Å². The van der Waals surface area contributed by atoms with E-state index in [1.807, 2.05) is 54.6 Å². The molecular formula is C15H13N3O. The van der Waals surface area contributed by atoms with Crippen molar-refractivity contribution >= 4 is 28.2 Å². The van der Waals surface area contributed by atoms with E-state index >= 15 is 0 Å². The number of nitrogens with one attached hydrogen (secondary N) is 1. The molecule has 0 amide bonds. The Labute approximate surface area is 110 Å². The van der Waals surface area contributed by atoms with E-state index in [1.54, 1.807) is 0 Å². The summed E-state index contributed by atoms with van der Waals surface area (Å²) in [5.41, 5.74) is 9.08. The van der Waals surface area contributed by atoms with E-state index in [-0.39, 0.29) is 6.29 Å². The highest BCUT2D eigenvalue weighted by molar-refractivity contribution is 6.02. The van der Waals surface area contributed by atoms with Crippen molar-refractivity contribution in [2.75, 3.05) is 10.2 Å². The third-order valence-electron chi connectivity index (χ3n) is 3.40. The minimum atomic E-state index is -0.305. The van der Waals surface area contributed by atoms with Gasteiger partial charge in [0.1, 0.15) is 11.3 Å². The summed E-state index contributed by atoms with van der Waals surface area (Å²) < 4.78 is 5.80. The number of furan rings is 1. The molecule has 19 heavy (non-hydrogen) atoms. The summed E-state index contributed by atoms with van der Waals surface area (Å²) in [6, 6.07) is 18.1. The van der Waals surface area contributed by atoms with Crippen LogP contribution in [0.3, 0.4) is 0 Å². The molecule has 0 bridgehead atoms. The lowest BCUT2D eigenvalue weighted by atomic mass is 10.2. The third-order valence-corrected chi connectivity index (χ3v) is 3.40. The lowest BCUT2D eigenvalue weighted by Gasteiger charge is -2.23. The van der Waals surface area contributed by atoms with Gasteiger partial charge in [-0.1, -0.05) is 30.3 Å². The molecule has 4 heteroatoms. The fraction of sp³-hybridized carbons (Fsp3) is 0.0667.